The van der Waals surface area contributed by atoms with Crippen LogP contribution in [0.5, 0.6) is 0 Å². The molecule has 1 heterocycles. The van der Waals surface area contributed by atoms with Gasteiger partial charge in [-0.3, -0.25) is 15.1 Å². The van der Waals surface area contributed by atoms with Crippen molar-refractivity contribution in [3.63, 3.8) is 0 Å². The molecule has 0 aromatic heterocycles. The number of non-ortho nitro benzene ring substituents is 1. The lowest BCUT2D eigenvalue weighted by Gasteiger charge is -2.31. The number of hydrogen-bond donors (Lipinski definition) is 1. The number of ether oxygens (including phenoxy) is 1. The van der Waals surface area contributed by atoms with E-state index in [-0.39, 0.29) is 5.69 Å². The third kappa shape index (κ3) is 3.08. The highest BCUT2D eigenvalue weighted by atomic mass is 16.6. The number of benzene rings is 1. The van der Waals surface area contributed by atoms with Crippen molar-refractivity contribution < 1.29 is 14.5 Å². The van der Waals surface area contributed by atoms with Gasteiger partial charge in [-0.15, -0.1) is 0 Å². The number of nitrogens with one attached hydrogen (secondary N) is 1. The molecular weight excluding hydrogens is 286 g/mol. The number of nitro benzene ring substituents is 1. The molecule has 1 aromatic carbocycles. The third-order valence-corrected chi connectivity index (χ3v) is 3.44. The Balaban J connectivity index is 2.28. The molecule has 1 aliphatic rings. The second-order valence-electron chi connectivity index (χ2n) is 6.36. The maximum Gasteiger partial charge on any atom is 0.334 e. The van der Waals surface area contributed by atoms with Crippen molar-refractivity contribution in [3.05, 3.63) is 39.9 Å². The zero-order valence-electron chi connectivity index (χ0n) is 13.0. The minimum Gasteiger partial charge on any atom is -0.458 e. The highest BCUT2D eigenvalue weighted by molar-refractivity contribution is 5.83. The first-order valence-electron chi connectivity index (χ1n) is 6.90. The van der Waals surface area contributed by atoms with Crippen LogP contribution in [-0.4, -0.2) is 28.9 Å². The van der Waals surface area contributed by atoms with Gasteiger partial charge in [-0.2, -0.15) is 0 Å². The van der Waals surface area contributed by atoms with Crippen molar-refractivity contribution in [1.82, 2.24) is 5.32 Å². The van der Waals surface area contributed by atoms with E-state index in [9.17, 15) is 14.9 Å². The SMILES string of the molecule is CC(C)(C)OC(=O)[C@@H]1N=CN[C@@]1(C)c1ccc([N+](=O)[O-])cc1. The largest absolute Gasteiger partial charge is 0.458 e. The minimum absolute atomic E-state index is 0.0000772. The Bertz CT molecular complexity index is 619. The average molecular weight is 305 g/mol. The number of nitrogens with zero attached hydrogens (tertiary/aromatic N) is 2. The minimum atomic E-state index is -0.794. The van der Waals surface area contributed by atoms with Gasteiger partial charge in [0.25, 0.3) is 5.69 Å². The maximum absolute atomic E-state index is 12.3. The van der Waals surface area contributed by atoms with E-state index in [2.05, 4.69) is 10.3 Å². The summed E-state index contributed by atoms with van der Waals surface area (Å²) in [5, 5.41) is 13.8. The van der Waals surface area contributed by atoms with Crippen LogP contribution in [0.15, 0.2) is 29.3 Å². The van der Waals surface area contributed by atoms with Crippen LogP contribution in [0, 0.1) is 10.1 Å². The van der Waals surface area contributed by atoms with Gasteiger partial charge in [-0.1, -0.05) is 0 Å². The zero-order valence-corrected chi connectivity index (χ0v) is 13.0. The van der Waals surface area contributed by atoms with Gasteiger partial charge in [0.05, 0.1) is 16.8 Å². The fourth-order valence-electron chi connectivity index (χ4n) is 2.30. The Hall–Kier alpha value is -2.44. The number of carbonyl (C=O) groups is 1. The van der Waals surface area contributed by atoms with Gasteiger partial charge in [0.15, 0.2) is 6.04 Å². The Morgan fingerprint density at radius 2 is 1.95 bits per heavy atom. The van der Waals surface area contributed by atoms with Crippen LogP contribution in [0.1, 0.15) is 33.3 Å². The molecule has 0 spiro atoms. The second kappa shape index (κ2) is 5.40. The van der Waals surface area contributed by atoms with E-state index < -0.39 is 28.1 Å². The van der Waals surface area contributed by atoms with Crippen LogP contribution in [-0.2, 0) is 15.1 Å². The average Bonchev–Trinajstić information content (AvgIpc) is 2.80. The lowest BCUT2D eigenvalue weighted by Crippen LogP contribution is -2.48. The summed E-state index contributed by atoms with van der Waals surface area (Å²) in [6.45, 7) is 7.19. The number of aliphatic imine (C=N–C) groups is 1. The van der Waals surface area contributed by atoms with Gasteiger partial charge in [0, 0.05) is 12.1 Å². The summed E-state index contributed by atoms with van der Waals surface area (Å²) in [7, 11) is 0. The molecule has 0 amide bonds. The summed E-state index contributed by atoms with van der Waals surface area (Å²) in [6.07, 6.45) is 1.47. The molecule has 2 atom stereocenters. The lowest BCUT2D eigenvalue weighted by molar-refractivity contribution is -0.384. The smallest absolute Gasteiger partial charge is 0.334 e. The third-order valence-electron chi connectivity index (χ3n) is 3.44. The molecule has 2 rings (SSSR count). The van der Waals surface area contributed by atoms with E-state index in [1.54, 1.807) is 32.9 Å². The van der Waals surface area contributed by atoms with Crippen LogP contribution >= 0.6 is 0 Å². The van der Waals surface area contributed by atoms with Crippen molar-refractivity contribution >= 4 is 18.0 Å². The molecule has 0 saturated heterocycles. The standard InChI is InChI=1S/C15H19N3O4/c1-14(2,3)22-13(19)12-15(4,17-9-16-12)10-5-7-11(8-6-10)18(20)21/h5-9,12H,1-4H3,(H,16,17)/t12-,15-/m0/s1. The number of esters is 1. The highest BCUT2D eigenvalue weighted by Gasteiger charge is 2.45. The predicted octanol–water partition coefficient (Wildman–Crippen LogP) is 2.15. The summed E-state index contributed by atoms with van der Waals surface area (Å²) < 4.78 is 5.40. The molecule has 1 aliphatic heterocycles. The zero-order chi connectivity index (χ0) is 16.5. The summed E-state index contributed by atoms with van der Waals surface area (Å²) in [4.78, 5) is 26.8. The molecule has 1 aromatic rings. The molecule has 7 heteroatoms. The first-order valence-corrected chi connectivity index (χ1v) is 6.90. The Labute approximate surface area is 128 Å². The molecule has 118 valence electrons. The summed E-state index contributed by atoms with van der Waals surface area (Å²) in [5.41, 5.74) is -0.671. The fourth-order valence-corrected chi connectivity index (χ4v) is 2.30. The second-order valence-corrected chi connectivity index (χ2v) is 6.36. The van der Waals surface area contributed by atoms with E-state index in [0.717, 1.165) is 5.56 Å². The van der Waals surface area contributed by atoms with Crippen LogP contribution in [0.25, 0.3) is 0 Å². The monoisotopic (exact) mass is 305 g/mol. The highest BCUT2D eigenvalue weighted by Crippen LogP contribution is 2.32. The van der Waals surface area contributed by atoms with Crippen molar-refractivity contribution in [2.45, 2.75) is 44.9 Å². The number of carbonyl (C=O) groups excluding carboxylic acids is 1. The molecule has 0 bridgehead atoms. The fraction of sp³-hybridized carbons (Fsp3) is 0.467. The number of hydrogen-bond acceptors (Lipinski definition) is 6. The van der Waals surface area contributed by atoms with Gasteiger partial charge in [-0.05, 0) is 45.4 Å². The lowest BCUT2D eigenvalue weighted by atomic mass is 9.85. The Kier molecular flexibility index (Phi) is 3.91. The van der Waals surface area contributed by atoms with Gasteiger partial charge in [-0.25, -0.2) is 4.79 Å². The number of rotatable bonds is 3. The predicted molar refractivity (Wildman–Crippen MR) is 81.7 cm³/mol. The van der Waals surface area contributed by atoms with Gasteiger partial charge >= 0.3 is 5.97 Å². The summed E-state index contributed by atoms with van der Waals surface area (Å²) >= 11 is 0. The van der Waals surface area contributed by atoms with E-state index in [1.165, 1.54) is 18.5 Å². The first kappa shape index (κ1) is 15.9. The van der Waals surface area contributed by atoms with Gasteiger partial charge in [0.1, 0.15) is 5.60 Å². The van der Waals surface area contributed by atoms with E-state index in [0.29, 0.717) is 0 Å². The quantitative estimate of drug-likeness (QED) is 0.524. The number of nitro groups is 1. The summed E-state index contributed by atoms with van der Waals surface area (Å²) in [6, 6.07) is 5.32. The Morgan fingerprint density at radius 3 is 2.45 bits per heavy atom. The van der Waals surface area contributed by atoms with Crippen LogP contribution in [0.3, 0.4) is 0 Å². The molecule has 0 fully saturated rings. The molecule has 7 nitrogen and oxygen atoms in total. The Morgan fingerprint density at radius 1 is 1.36 bits per heavy atom. The molecule has 1 N–H and O–H groups in total. The molecule has 22 heavy (non-hydrogen) atoms. The normalized spacial score (nSPS) is 23.9. The van der Waals surface area contributed by atoms with E-state index in [1.807, 2.05) is 6.92 Å². The van der Waals surface area contributed by atoms with Crippen molar-refractivity contribution in [1.29, 1.82) is 0 Å². The maximum atomic E-state index is 12.3. The molecule has 0 aliphatic carbocycles. The van der Waals surface area contributed by atoms with Crippen molar-refractivity contribution in [2.24, 2.45) is 4.99 Å². The summed E-state index contributed by atoms with van der Waals surface area (Å²) in [5.74, 6) is -0.436. The molecule has 0 saturated carbocycles. The van der Waals surface area contributed by atoms with Crippen molar-refractivity contribution in [2.75, 3.05) is 0 Å². The van der Waals surface area contributed by atoms with E-state index in [4.69, 9.17) is 4.74 Å². The van der Waals surface area contributed by atoms with Crippen molar-refractivity contribution in [3.8, 4) is 0 Å². The van der Waals surface area contributed by atoms with E-state index >= 15 is 0 Å². The molecular formula is C15H19N3O4. The first-order chi connectivity index (χ1) is 10.1. The topological polar surface area (TPSA) is 93.8 Å². The van der Waals surface area contributed by atoms with Crippen LogP contribution in [0.2, 0.25) is 0 Å². The van der Waals surface area contributed by atoms with Crippen LogP contribution in [0.4, 0.5) is 5.69 Å². The van der Waals surface area contributed by atoms with Gasteiger partial charge in [0.2, 0.25) is 0 Å². The van der Waals surface area contributed by atoms with Crippen LogP contribution < -0.4 is 5.32 Å². The molecule has 0 radical (unpaired) electrons. The van der Waals surface area contributed by atoms with Gasteiger partial charge < -0.3 is 10.1 Å². The molecule has 0 unspecified atom stereocenters.